The van der Waals surface area contributed by atoms with Crippen LogP contribution >= 0.6 is 0 Å². The first-order chi connectivity index (χ1) is 8.70. The van der Waals surface area contributed by atoms with Crippen LogP contribution in [0.25, 0.3) is 0 Å². The minimum Gasteiger partial charge on any atom is -0.354 e. The molecule has 1 aliphatic rings. The lowest BCUT2D eigenvalue weighted by molar-refractivity contribution is 0.284. The molecule has 1 fully saturated rings. The summed E-state index contributed by atoms with van der Waals surface area (Å²) in [6.07, 6.45) is 3.88. The lowest BCUT2D eigenvalue weighted by atomic mass is 9.96. The number of piperidine rings is 1. The normalized spacial score (nSPS) is 16.9. The van der Waals surface area contributed by atoms with Gasteiger partial charge in [-0.3, -0.25) is 0 Å². The fraction of sp³-hybridized carbons (Fsp3) is 0.615. The van der Waals surface area contributed by atoms with Crippen molar-refractivity contribution in [3.63, 3.8) is 0 Å². The molecule has 0 unspecified atom stereocenters. The molecule has 0 spiro atoms. The van der Waals surface area contributed by atoms with Crippen molar-refractivity contribution in [2.45, 2.75) is 12.8 Å². The van der Waals surface area contributed by atoms with E-state index in [1.807, 2.05) is 0 Å². The summed E-state index contributed by atoms with van der Waals surface area (Å²) in [4.78, 5) is 4.42. The van der Waals surface area contributed by atoms with Gasteiger partial charge in [0.25, 0.3) is 0 Å². The quantitative estimate of drug-likeness (QED) is 0.799. The zero-order valence-corrected chi connectivity index (χ0v) is 11.0. The molecule has 0 aliphatic carbocycles. The van der Waals surface area contributed by atoms with Crippen LogP contribution in [0.4, 0.5) is 5.82 Å². The average Bonchev–Trinajstić information content (AvgIpc) is 2.39. The molecule has 0 bridgehead atoms. The molecule has 5 heteroatoms. The molecule has 18 heavy (non-hydrogen) atoms. The van der Waals surface area contributed by atoms with Crippen LogP contribution in [0.15, 0.2) is 12.3 Å². The number of hydrogen-bond donors (Lipinski definition) is 0. The Hall–Kier alpha value is -1.67. The number of hydrogen-bond acceptors (Lipinski definition) is 5. The Bertz CT molecular complexity index is 429. The Morgan fingerprint density at radius 3 is 2.78 bits per heavy atom. The number of nitrogens with zero attached hydrogens (tertiary/aromatic N) is 5. The minimum absolute atomic E-state index is 0.621. The molecule has 1 aromatic heterocycles. The number of rotatable bonds is 3. The van der Waals surface area contributed by atoms with Crippen molar-refractivity contribution in [1.82, 2.24) is 15.1 Å². The molecule has 2 rings (SSSR count). The molecule has 96 valence electrons. The van der Waals surface area contributed by atoms with Crippen molar-refractivity contribution in [3.8, 4) is 6.07 Å². The standard InChI is InChI=1S/C13H19N5/c1-17(2)10-11-4-7-18(8-5-11)13-12(9-14)3-6-15-16-13/h3,6,11H,4-5,7-8,10H2,1-2H3. The van der Waals surface area contributed by atoms with Crippen LogP contribution in [-0.4, -0.2) is 48.8 Å². The predicted molar refractivity (Wildman–Crippen MR) is 70.2 cm³/mol. The van der Waals surface area contributed by atoms with Crippen LogP contribution in [0.5, 0.6) is 0 Å². The van der Waals surface area contributed by atoms with E-state index in [-0.39, 0.29) is 0 Å². The van der Waals surface area contributed by atoms with Gasteiger partial charge in [0.2, 0.25) is 0 Å². The van der Waals surface area contributed by atoms with E-state index in [0.29, 0.717) is 5.56 Å². The monoisotopic (exact) mass is 245 g/mol. The van der Waals surface area contributed by atoms with E-state index in [9.17, 15) is 0 Å². The van der Waals surface area contributed by atoms with Crippen LogP contribution in [0.1, 0.15) is 18.4 Å². The zero-order chi connectivity index (χ0) is 13.0. The molecule has 1 aliphatic heterocycles. The van der Waals surface area contributed by atoms with Crippen LogP contribution in [0, 0.1) is 17.2 Å². The third-order valence-corrected chi connectivity index (χ3v) is 3.36. The summed E-state index contributed by atoms with van der Waals surface area (Å²) >= 11 is 0. The van der Waals surface area contributed by atoms with E-state index < -0.39 is 0 Å². The van der Waals surface area contributed by atoms with Crippen LogP contribution in [0.2, 0.25) is 0 Å². The van der Waals surface area contributed by atoms with Crippen LogP contribution in [0.3, 0.4) is 0 Å². The van der Waals surface area contributed by atoms with Gasteiger partial charge in [0.05, 0.1) is 11.8 Å². The summed E-state index contributed by atoms with van der Waals surface area (Å²) in [7, 11) is 4.23. The van der Waals surface area contributed by atoms with Gasteiger partial charge in [-0.1, -0.05) is 0 Å². The van der Waals surface area contributed by atoms with Gasteiger partial charge < -0.3 is 9.80 Å². The summed E-state index contributed by atoms with van der Waals surface area (Å²) in [5.41, 5.74) is 0.621. The van der Waals surface area contributed by atoms with Crippen LogP contribution in [-0.2, 0) is 0 Å². The lowest BCUT2D eigenvalue weighted by Gasteiger charge is -2.33. The zero-order valence-electron chi connectivity index (χ0n) is 11.0. The second-order valence-corrected chi connectivity index (χ2v) is 5.07. The van der Waals surface area contributed by atoms with Crippen molar-refractivity contribution < 1.29 is 0 Å². The van der Waals surface area contributed by atoms with E-state index in [0.717, 1.165) is 44.2 Å². The van der Waals surface area contributed by atoms with E-state index >= 15 is 0 Å². The first-order valence-electron chi connectivity index (χ1n) is 6.32. The molecule has 0 N–H and O–H groups in total. The molecule has 2 heterocycles. The van der Waals surface area contributed by atoms with Crippen molar-refractivity contribution in [2.24, 2.45) is 5.92 Å². The Morgan fingerprint density at radius 2 is 2.17 bits per heavy atom. The van der Waals surface area contributed by atoms with E-state index in [1.165, 1.54) is 0 Å². The molecule has 0 saturated carbocycles. The summed E-state index contributed by atoms with van der Waals surface area (Å²) in [5.74, 6) is 1.49. The van der Waals surface area contributed by atoms with E-state index in [1.54, 1.807) is 12.3 Å². The third kappa shape index (κ3) is 2.96. The molecule has 0 amide bonds. The van der Waals surface area contributed by atoms with Crippen molar-refractivity contribution in [2.75, 3.05) is 38.6 Å². The summed E-state index contributed by atoms with van der Waals surface area (Å²) < 4.78 is 0. The van der Waals surface area contributed by atoms with Crippen molar-refractivity contribution in [3.05, 3.63) is 17.8 Å². The van der Waals surface area contributed by atoms with E-state index in [2.05, 4.69) is 40.2 Å². The number of nitriles is 1. The molecule has 1 aromatic rings. The van der Waals surface area contributed by atoms with Crippen molar-refractivity contribution in [1.29, 1.82) is 5.26 Å². The maximum absolute atomic E-state index is 9.07. The molecule has 5 nitrogen and oxygen atoms in total. The molecular formula is C13H19N5. The first kappa shape index (κ1) is 12.8. The molecule has 1 saturated heterocycles. The van der Waals surface area contributed by atoms with Gasteiger partial charge in [0, 0.05) is 19.6 Å². The Balaban J connectivity index is 1.99. The number of anilines is 1. The summed E-state index contributed by atoms with van der Waals surface area (Å²) in [6.45, 7) is 3.07. The molecular weight excluding hydrogens is 226 g/mol. The highest BCUT2D eigenvalue weighted by Gasteiger charge is 2.22. The van der Waals surface area contributed by atoms with Gasteiger partial charge in [-0.2, -0.15) is 10.4 Å². The maximum atomic E-state index is 9.07. The average molecular weight is 245 g/mol. The Labute approximate surface area is 108 Å². The maximum Gasteiger partial charge on any atom is 0.169 e. The van der Waals surface area contributed by atoms with Gasteiger partial charge in [0.15, 0.2) is 5.82 Å². The smallest absolute Gasteiger partial charge is 0.169 e. The van der Waals surface area contributed by atoms with Gasteiger partial charge in [0.1, 0.15) is 6.07 Å². The molecule has 0 radical (unpaired) electrons. The lowest BCUT2D eigenvalue weighted by Crippen LogP contribution is -2.38. The van der Waals surface area contributed by atoms with Crippen LogP contribution < -0.4 is 4.90 Å². The first-order valence-corrected chi connectivity index (χ1v) is 6.32. The predicted octanol–water partition coefficient (Wildman–Crippen LogP) is 1.13. The minimum atomic E-state index is 0.621. The summed E-state index contributed by atoms with van der Waals surface area (Å²) in [5, 5.41) is 17.1. The fourth-order valence-electron chi connectivity index (χ4n) is 2.49. The van der Waals surface area contributed by atoms with Gasteiger partial charge in [-0.05, 0) is 38.9 Å². The largest absolute Gasteiger partial charge is 0.354 e. The highest BCUT2D eigenvalue weighted by molar-refractivity contribution is 5.52. The SMILES string of the molecule is CN(C)CC1CCN(c2nnccc2C#N)CC1. The molecule has 0 atom stereocenters. The number of aromatic nitrogens is 2. The highest BCUT2D eigenvalue weighted by Crippen LogP contribution is 2.23. The van der Waals surface area contributed by atoms with Gasteiger partial charge >= 0.3 is 0 Å². The highest BCUT2D eigenvalue weighted by atomic mass is 15.3. The topological polar surface area (TPSA) is 56.1 Å². The van der Waals surface area contributed by atoms with Gasteiger partial charge in [-0.25, -0.2) is 0 Å². The fourth-order valence-corrected chi connectivity index (χ4v) is 2.49. The summed E-state index contributed by atoms with van der Waals surface area (Å²) in [6, 6.07) is 3.91. The second-order valence-electron chi connectivity index (χ2n) is 5.07. The van der Waals surface area contributed by atoms with Gasteiger partial charge in [-0.15, -0.1) is 5.10 Å². The second kappa shape index (κ2) is 5.78. The molecule has 0 aromatic carbocycles. The van der Waals surface area contributed by atoms with E-state index in [4.69, 9.17) is 5.26 Å². The Kier molecular flexibility index (Phi) is 4.11. The third-order valence-electron chi connectivity index (χ3n) is 3.36. The van der Waals surface area contributed by atoms with Crippen molar-refractivity contribution >= 4 is 5.82 Å². The Morgan fingerprint density at radius 1 is 1.44 bits per heavy atom.